The zero-order chi connectivity index (χ0) is 8.97. The summed E-state index contributed by atoms with van der Waals surface area (Å²) in [6.07, 6.45) is 3.45. The minimum atomic E-state index is 0.632. The Morgan fingerprint density at radius 3 is 2.83 bits per heavy atom. The number of nitrogens with zero attached hydrogens (tertiary/aromatic N) is 1. The van der Waals surface area contributed by atoms with Gasteiger partial charge in [-0.2, -0.15) is 0 Å². The fourth-order valence-electron chi connectivity index (χ4n) is 1.16. The summed E-state index contributed by atoms with van der Waals surface area (Å²) in [4.78, 5) is 4.20. The van der Waals surface area contributed by atoms with Crippen LogP contribution in [-0.4, -0.2) is 10.7 Å². The van der Waals surface area contributed by atoms with Crippen LogP contribution in [0, 0.1) is 5.41 Å². The van der Waals surface area contributed by atoms with Gasteiger partial charge in [0, 0.05) is 6.20 Å². The maximum Gasteiger partial charge on any atom is 0.0868 e. The van der Waals surface area contributed by atoms with Gasteiger partial charge in [-0.3, -0.25) is 4.98 Å². The molecule has 0 saturated carbocycles. The molecule has 2 heteroatoms. The van der Waals surface area contributed by atoms with Crippen LogP contribution in [0.5, 0.6) is 0 Å². The highest BCUT2D eigenvalue weighted by atomic mass is 14.7. The number of hydrogen-bond acceptors (Lipinski definition) is 2. The van der Waals surface area contributed by atoms with Gasteiger partial charge in [-0.05, 0) is 24.5 Å². The molecule has 0 aromatic carbocycles. The fraction of sp³-hybridized carbons (Fsp3) is 0.400. The van der Waals surface area contributed by atoms with Crippen LogP contribution in [0.4, 0.5) is 0 Å². The first-order chi connectivity index (χ1) is 5.79. The van der Waals surface area contributed by atoms with E-state index in [0.29, 0.717) is 5.71 Å². The lowest BCUT2D eigenvalue weighted by atomic mass is 10.1. The van der Waals surface area contributed by atoms with E-state index in [1.165, 1.54) is 5.56 Å². The summed E-state index contributed by atoms with van der Waals surface area (Å²) >= 11 is 0. The summed E-state index contributed by atoms with van der Waals surface area (Å²) in [7, 11) is 0. The molecule has 0 atom stereocenters. The molecule has 1 heterocycles. The third-order valence-corrected chi connectivity index (χ3v) is 1.91. The normalized spacial score (nSPS) is 9.83. The van der Waals surface area contributed by atoms with Crippen molar-refractivity contribution in [3.05, 3.63) is 29.6 Å². The Balaban J connectivity index is 3.04. The van der Waals surface area contributed by atoms with Crippen molar-refractivity contribution in [1.82, 2.24) is 4.98 Å². The van der Waals surface area contributed by atoms with E-state index in [4.69, 9.17) is 5.41 Å². The zero-order valence-corrected chi connectivity index (χ0v) is 7.59. The molecule has 12 heavy (non-hydrogen) atoms. The first-order valence-corrected chi connectivity index (χ1v) is 4.31. The van der Waals surface area contributed by atoms with Gasteiger partial charge < -0.3 is 5.41 Å². The molecule has 1 N–H and O–H groups in total. The van der Waals surface area contributed by atoms with Gasteiger partial charge in [0.1, 0.15) is 0 Å². The van der Waals surface area contributed by atoms with Crippen molar-refractivity contribution in [1.29, 1.82) is 5.41 Å². The number of aryl methyl sites for hydroxylation is 1. The summed E-state index contributed by atoms with van der Waals surface area (Å²) in [6.45, 7) is 4.07. The van der Waals surface area contributed by atoms with E-state index in [-0.39, 0.29) is 0 Å². The van der Waals surface area contributed by atoms with Crippen molar-refractivity contribution in [2.24, 2.45) is 0 Å². The summed E-state index contributed by atoms with van der Waals surface area (Å²) in [5.74, 6) is 0. The summed E-state index contributed by atoms with van der Waals surface area (Å²) in [5, 5.41) is 7.66. The van der Waals surface area contributed by atoms with Gasteiger partial charge in [0.05, 0.1) is 11.4 Å². The summed E-state index contributed by atoms with van der Waals surface area (Å²) in [6, 6.07) is 3.96. The highest BCUT2D eigenvalue weighted by Gasteiger charge is 2.04. The first-order valence-electron chi connectivity index (χ1n) is 4.31. The fourth-order valence-corrected chi connectivity index (χ4v) is 1.16. The lowest BCUT2D eigenvalue weighted by Crippen LogP contribution is -2.04. The molecule has 1 aromatic heterocycles. The molecular weight excluding hydrogens is 148 g/mol. The Hall–Kier alpha value is -1.18. The molecule has 0 fully saturated rings. The molecule has 0 bridgehead atoms. The van der Waals surface area contributed by atoms with E-state index in [1.54, 1.807) is 6.20 Å². The summed E-state index contributed by atoms with van der Waals surface area (Å²) in [5.41, 5.74) is 2.67. The Labute approximate surface area is 73.2 Å². The molecule has 64 valence electrons. The van der Waals surface area contributed by atoms with Gasteiger partial charge in [0.2, 0.25) is 0 Å². The van der Waals surface area contributed by atoms with Gasteiger partial charge in [-0.15, -0.1) is 0 Å². The molecule has 1 aromatic rings. The Morgan fingerprint density at radius 2 is 2.25 bits per heavy atom. The van der Waals surface area contributed by atoms with Crippen LogP contribution in [0.1, 0.15) is 31.5 Å². The standard InChI is InChI=1S/C10H14N2/c1-3-8-6-5-7-12-10(8)9(11)4-2/h5-7,11H,3-4H2,1-2H3. The van der Waals surface area contributed by atoms with Crippen molar-refractivity contribution in [3.8, 4) is 0 Å². The van der Waals surface area contributed by atoms with Crippen LogP contribution >= 0.6 is 0 Å². The topological polar surface area (TPSA) is 36.7 Å². The molecule has 0 unspecified atom stereocenters. The van der Waals surface area contributed by atoms with E-state index < -0.39 is 0 Å². The van der Waals surface area contributed by atoms with Gasteiger partial charge in [0.25, 0.3) is 0 Å². The molecule has 2 nitrogen and oxygen atoms in total. The second-order valence-electron chi connectivity index (χ2n) is 2.70. The van der Waals surface area contributed by atoms with Gasteiger partial charge in [-0.25, -0.2) is 0 Å². The Bertz CT molecular complexity index is 279. The lowest BCUT2D eigenvalue weighted by Gasteiger charge is -2.04. The average Bonchev–Trinajstić information content (AvgIpc) is 2.16. The molecule has 0 saturated heterocycles. The molecule has 0 aliphatic heterocycles. The van der Waals surface area contributed by atoms with Crippen molar-refractivity contribution >= 4 is 5.71 Å². The highest BCUT2D eigenvalue weighted by molar-refractivity contribution is 5.97. The average molecular weight is 162 g/mol. The van der Waals surface area contributed by atoms with E-state index in [9.17, 15) is 0 Å². The van der Waals surface area contributed by atoms with Crippen molar-refractivity contribution in [3.63, 3.8) is 0 Å². The lowest BCUT2D eigenvalue weighted by molar-refractivity contribution is 1.07. The van der Waals surface area contributed by atoms with Gasteiger partial charge >= 0.3 is 0 Å². The molecule has 0 spiro atoms. The number of rotatable bonds is 3. The van der Waals surface area contributed by atoms with Crippen LogP contribution in [-0.2, 0) is 6.42 Å². The molecule has 0 amide bonds. The van der Waals surface area contributed by atoms with Crippen LogP contribution in [0.3, 0.4) is 0 Å². The first kappa shape index (κ1) is 8.91. The molecular formula is C10H14N2. The van der Waals surface area contributed by atoms with Crippen molar-refractivity contribution in [2.45, 2.75) is 26.7 Å². The van der Waals surface area contributed by atoms with Gasteiger partial charge in [-0.1, -0.05) is 19.9 Å². The minimum absolute atomic E-state index is 0.632. The molecule has 1 rings (SSSR count). The van der Waals surface area contributed by atoms with Crippen molar-refractivity contribution < 1.29 is 0 Å². The van der Waals surface area contributed by atoms with E-state index in [2.05, 4.69) is 11.9 Å². The minimum Gasteiger partial charge on any atom is -0.303 e. The predicted octanol–water partition coefficient (Wildman–Crippen LogP) is 2.42. The molecule has 0 radical (unpaired) electrons. The van der Waals surface area contributed by atoms with Crippen LogP contribution in [0.25, 0.3) is 0 Å². The highest BCUT2D eigenvalue weighted by Crippen LogP contribution is 2.07. The second kappa shape index (κ2) is 4.00. The third-order valence-electron chi connectivity index (χ3n) is 1.91. The summed E-state index contributed by atoms with van der Waals surface area (Å²) < 4.78 is 0. The quantitative estimate of drug-likeness (QED) is 0.681. The van der Waals surface area contributed by atoms with E-state index in [1.807, 2.05) is 19.1 Å². The van der Waals surface area contributed by atoms with E-state index >= 15 is 0 Å². The number of aromatic nitrogens is 1. The Morgan fingerprint density at radius 1 is 1.50 bits per heavy atom. The second-order valence-corrected chi connectivity index (χ2v) is 2.70. The number of nitrogens with one attached hydrogen (secondary N) is 1. The van der Waals surface area contributed by atoms with Gasteiger partial charge in [0.15, 0.2) is 0 Å². The maximum absolute atomic E-state index is 7.66. The van der Waals surface area contributed by atoms with Crippen LogP contribution < -0.4 is 0 Å². The predicted molar refractivity (Wildman–Crippen MR) is 50.7 cm³/mol. The van der Waals surface area contributed by atoms with Crippen molar-refractivity contribution in [2.75, 3.05) is 0 Å². The largest absolute Gasteiger partial charge is 0.303 e. The SMILES string of the molecule is CCC(=N)c1ncccc1CC. The van der Waals surface area contributed by atoms with Crippen LogP contribution in [0.2, 0.25) is 0 Å². The van der Waals surface area contributed by atoms with Crippen LogP contribution in [0.15, 0.2) is 18.3 Å². The Kier molecular flexibility index (Phi) is 2.97. The zero-order valence-electron chi connectivity index (χ0n) is 7.59. The number of hydrogen-bond donors (Lipinski definition) is 1. The smallest absolute Gasteiger partial charge is 0.0868 e. The van der Waals surface area contributed by atoms with E-state index in [0.717, 1.165) is 18.5 Å². The monoisotopic (exact) mass is 162 g/mol. The molecule has 0 aliphatic rings. The third kappa shape index (κ3) is 1.70. The number of pyridine rings is 1. The molecule has 0 aliphatic carbocycles. The maximum atomic E-state index is 7.66.